The minimum Gasteiger partial charge on any atom is -0.380 e. The van der Waals surface area contributed by atoms with Crippen LogP contribution in [0.15, 0.2) is 34.6 Å². The van der Waals surface area contributed by atoms with Crippen LogP contribution in [0.1, 0.15) is 16.8 Å². The molecular weight excluding hydrogens is 296 g/mol. The second-order valence-electron chi connectivity index (χ2n) is 4.19. The number of halogens is 1. The molecule has 1 aliphatic heterocycles. The lowest BCUT2D eigenvalue weighted by atomic mass is 10.1. The van der Waals surface area contributed by atoms with Gasteiger partial charge >= 0.3 is 0 Å². The third kappa shape index (κ3) is 3.17. The zero-order valence-corrected chi connectivity index (χ0v) is 11.8. The van der Waals surface area contributed by atoms with Crippen molar-refractivity contribution in [3.63, 3.8) is 0 Å². The highest BCUT2D eigenvalue weighted by Gasteiger charge is 2.18. The van der Waals surface area contributed by atoms with Crippen molar-refractivity contribution < 1.29 is 9.53 Å². The van der Waals surface area contributed by atoms with E-state index in [0.717, 1.165) is 17.4 Å². The highest BCUT2D eigenvalue weighted by molar-refractivity contribution is 9.10. The molecular formula is C13H15BrN2O2. The van der Waals surface area contributed by atoms with Crippen molar-refractivity contribution in [3.05, 3.63) is 40.1 Å². The van der Waals surface area contributed by atoms with Crippen LogP contribution in [-0.4, -0.2) is 42.6 Å². The molecule has 0 saturated heterocycles. The van der Waals surface area contributed by atoms with E-state index < -0.39 is 0 Å². The van der Waals surface area contributed by atoms with Crippen molar-refractivity contribution in [2.24, 2.45) is 0 Å². The molecule has 1 aliphatic rings. The molecule has 0 bridgehead atoms. The summed E-state index contributed by atoms with van der Waals surface area (Å²) in [5, 5.41) is 0. The first-order valence-electron chi connectivity index (χ1n) is 5.77. The van der Waals surface area contributed by atoms with Crippen molar-refractivity contribution in [3.8, 4) is 0 Å². The maximum Gasteiger partial charge on any atom is 0.255 e. The topological polar surface area (TPSA) is 42.4 Å². The van der Waals surface area contributed by atoms with Crippen LogP contribution in [0, 0.1) is 0 Å². The zero-order valence-electron chi connectivity index (χ0n) is 10.2. The first-order chi connectivity index (χ1) is 8.70. The van der Waals surface area contributed by atoms with E-state index >= 15 is 0 Å². The number of nitrogens with zero attached hydrogens (tertiary/aromatic N) is 2. The van der Waals surface area contributed by atoms with Crippen LogP contribution in [-0.2, 0) is 4.74 Å². The quantitative estimate of drug-likeness (QED) is 0.804. The summed E-state index contributed by atoms with van der Waals surface area (Å²) in [6.45, 7) is 2.03. The lowest BCUT2D eigenvalue weighted by Gasteiger charge is -2.26. The molecule has 0 fully saturated rings. The summed E-state index contributed by atoms with van der Waals surface area (Å²) in [6, 6.07) is 1.80. The molecule has 4 nitrogen and oxygen atoms in total. The molecule has 0 N–H and O–H groups in total. The van der Waals surface area contributed by atoms with Gasteiger partial charge in [-0.2, -0.15) is 0 Å². The number of carbonyl (C=O) groups excluding carboxylic acids is 1. The summed E-state index contributed by atoms with van der Waals surface area (Å²) in [7, 11) is 1.69. The van der Waals surface area contributed by atoms with E-state index in [1.807, 2.05) is 4.90 Å². The Hall–Kier alpha value is -1.20. The van der Waals surface area contributed by atoms with Gasteiger partial charge in [0.15, 0.2) is 0 Å². The monoisotopic (exact) mass is 310 g/mol. The fourth-order valence-electron chi connectivity index (χ4n) is 1.92. The number of carbonyl (C=O) groups is 1. The van der Waals surface area contributed by atoms with E-state index in [9.17, 15) is 4.79 Å². The summed E-state index contributed by atoms with van der Waals surface area (Å²) >= 11 is 3.32. The molecule has 0 unspecified atom stereocenters. The summed E-state index contributed by atoms with van der Waals surface area (Å²) < 4.78 is 5.91. The Bertz CT molecular complexity index is 474. The molecule has 1 aromatic heterocycles. The molecule has 0 aliphatic carbocycles. The second kappa shape index (κ2) is 6.11. The Balaban J connectivity index is 2.04. The Kier molecular flexibility index (Phi) is 4.49. The lowest BCUT2D eigenvalue weighted by Crippen LogP contribution is -2.35. The maximum absolute atomic E-state index is 12.2. The van der Waals surface area contributed by atoms with Crippen LogP contribution < -0.4 is 0 Å². The van der Waals surface area contributed by atoms with Gasteiger partial charge in [0.05, 0.1) is 12.2 Å². The van der Waals surface area contributed by atoms with Gasteiger partial charge in [0.1, 0.15) is 0 Å². The Morgan fingerprint density at radius 1 is 1.56 bits per heavy atom. The van der Waals surface area contributed by atoms with Gasteiger partial charge in [-0.15, -0.1) is 0 Å². The predicted molar refractivity (Wildman–Crippen MR) is 72.4 cm³/mol. The number of amides is 1. The molecule has 0 spiro atoms. The van der Waals surface area contributed by atoms with Crippen molar-refractivity contribution in [2.75, 3.05) is 26.8 Å². The third-order valence-electron chi connectivity index (χ3n) is 2.87. The van der Waals surface area contributed by atoms with Crippen LogP contribution in [0.2, 0.25) is 0 Å². The molecule has 5 heteroatoms. The van der Waals surface area contributed by atoms with Gasteiger partial charge in [0, 0.05) is 37.1 Å². The van der Waals surface area contributed by atoms with E-state index in [1.165, 1.54) is 5.57 Å². The normalized spacial score (nSPS) is 15.4. The molecule has 0 atom stereocenters. The van der Waals surface area contributed by atoms with Gasteiger partial charge in [-0.05, 0) is 34.0 Å². The van der Waals surface area contributed by atoms with Crippen molar-refractivity contribution in [2.45, 2.75) is 6.42 Å². The molecule has 2 rings (SSSR count). The summed E-state index contributed by atoms with van der Waals surface area (Å²) in [5.74, 6) is 0.0246. The largest absolute Gasteiger partial charge is 0.380 e. The minimum absolute atomic E-state index is 0.0246. The van der Waals surface area contributed by atoms with E-state index in [-0.39, 0.29) is 5.91 Å². The van der Waals surface area contributed by atoms with Crippen LogP contribution >= 0.6 is 15.9 Å². The van der Waals surface area contributed by atoms with Gasteiger partial charge in [0.2, 0.25) is 0 Å². The Morgan fingerprint density at radius 2 is 2.39 bits per heavy atom. The first-order valence-corrected chi connectivity index (χ1v) is 6.56. The number of methoxy groups -OCH3 is 1. The van der Waals surface area contributed by atoms with Gasteiger partial charge in [0.25, 0.3) is 5.91 Å². The Morgan fingerprint density at radius 3 is 3.00 bits per heavy atom. The smallest absolute Gasteiger partial charge is 0.255 e. The first kappa shape index (κ1) is 13.2. The van der Waals surface area contributed by atoms with Gasteiger partial charge < -0.3 is 9.64 Å². The number of hydrogen-bond donors (Lipinski definition) is 0. The summed E-state index contributed by atoms with van der Waals surface area (Å²) in [6.07, 6.45) is 6.21. The number of hydrogen-bond acceptors (Lipinski definition) is 3. The van der Waals surface area contributed by atoms with Crippen LogP contribution in [0.25, 0.3) is 0 Å². The average Bonchev–Trinajstić information content (AvgIpc) is 2.39. The predicted octanol–water partition coefficient (Wildman–Crippen LogP) is 2.26. The van der Waals surface area contributed by atoms with Gasteiger partial charge in [-0.1, -0.05) is 6.08 Å². The lowest BCUT2D eigenvalue weighted by molar-refractivity contribution is 0.0764. The molecule has 0 saturated carbocycles. The van der Waals surface area contributed by atoms with Crippen LogP contribution in [0.5, 0.6) is 0 Å². The standard InChI is InChI=1S/C13H15BrN2O2/c1-18-9-10-2-4-16(5-3-10)13(17)11-6-12(14)8-15-7-11/h2,6-8H,3-5,9H2,1H3. The third-order valence-corrected chi connectivity index (χ3v) is 3.31. The molecule has 96 valence electrons. The molecule has 18 heavy (non-hydrogen) atoms. The number of aromatic nitrogens is 1. The highest BCUT2D eigenvalue weighted by atomic mass is 79.9. The fourth-order valence-corrected chi connectivity index (χ4v) is 2.29. The molecule has 2 heterocycles. The van der Waals surface area contributed by atoms with Crippen molar-refractivity contribution in [1.82, 2.24) is 9.88 Å². The molecule has 1 amide bonds. The van der Waals surface area contributed by atoms with Crippen molar-refractivity contribution >= 4 is 21.8 Å². The van der Waals surface area contributed by atoms with Crippen molar-refractivity contribution in [1.29, 1.82) is 0 Å². The minimum atomic E-state index is 0.0246. The van der Waals surface area contributed by atoms with Gasteiger partial charge in [-0.3, -0.25) is 9.78 Å². The Labute approximate surface area is 115 Å². The molecule has 0 aromatic carbocycles. The molecule has 1 aromatic rings. The SMILES string of the molecule is COCC1=CCN(C(=O)c2cncc(Br)c2)CC1. The summed E-state index contributed by atoms with van der Waals surface area (Å²) in [4.78, 5) is 18.1. The highest BCUT2D eigenvalue weighted by Crippen LogP contribution is 2.16. The number of ether oxygens (including phenoxy) is 1. The zero-order chi connectivity index (χ0) is 13.0. The van der Waals surface area contributed by atoms with E-state index in [4.69, 9.17) is 4.74 Å². The van der Waals surface area contributed by atoms with E-state index in [0.29, 0.717) is 18.7 Å². The van der Waals surface area contributed by atoms with Crippen LogP contribution in [0.3, 0.4) is 0 Å². The van der Waals surface area contributed by atoms with E-state index in [1.54, 1.807) is 25.6 Å². The van der Waals surface area contributed by atoms with E-state index in [2.05, 4.69) is 27.0 Å². The number of pyridine rings is 1. The summed E-state index contributed by atoms with van der Waals surface area (Å²) in [5.41, 5.74) is 1.88. The second-order valence-corrected chi connectivity index (χ2v) is 5.10. The van der Waals surface area contributed by atoms with Crippen LogP contribution in [0.4, 0.5) is 0 Å². The van der Waals surface area contributed by atoms with Gasteiger partial charge in [-0.25, -0.2) is 0 Å². The average molecular weight is 311 g/mol. The number of rotatable bonds is 3. The molecule has 0 radical (unpaired) electrons. The fraction of sp³-hybridized carbons (Fsp3) is 0.385. The maximum atomic E-state index is 12.2.